The van der Waals surface area contributed by atoms with Gasteiger partial charge in [-0.15, -0.1) is 0 Å². The molecule has 0 atom stereocenters. The summed E-state index contributed by atoms with van der Waals surface area (Å²) in [5.41, 5.74) is 0.758. The van der Waals surface area contributed by atoms with E-state index in [2.05, 4.69) is 22.9 Å². The number of benzene rings is 1. The van der Waals surface area contributed by atoms with Gasteiger partial charge in [0, 0.05) is 21.9 Å². The summed E-state index contributed by atoms with van der Waals surface area (Å²) in [6, 6.07) is 5.55. The maximum atomic E-state index is 10.5. The largest absolute Gasteiger partial charge is 0.492 e. The fraction of sp³-hybridized carbons (Fsp3) is 0.308. The van der Waals surface area contributed by atoms with Crippen LogP contribution in [0.25, 0.3) is 6.08 Å². The number of carbonyl (C=O) groups is 1. The highest BCUT2D eigenvalue weighted by Gasteiger charge is 2.02. The minimum atomic E-state index is -0.970. The topological polar surface area (TPSA) is 46.5 Å². The van der Waals surface area contributed by atoms with Gasteiger partial charge in [0.25, 0.3) is 0 Å². The van der Waals surface area contributed by atoms with Crippen molar-refractivity contribution in [1.82, 2.24) is 0 Å². The second-order valence-corrected chi connectivity index (χ2v) is 5.71. The van der Waals surface area contributed by atoms with Crippen molar-refractivity contribution in [2.24, 2.45) is 0 Å². The standard InChI is InChI=1S/C13H15BrO3S/c1-2-18-8-7-17-12-5-4-11(14)9-10(12)3-6-13(15)16/h3-6,9H,2,7-8H2,1H3,(H,15,16)/b6-3+. The monoisotopic (exact) mass is 330 g/mol. The fourth-order valence-corrected chi connectivity index (χ4v) is 2.17. The van der Waals surface area contributed by atoms with E-state index in [1.54, 1.807) is 0 Å². The van der Waals surface area contributed by atoms with Crippen molar-refractivity contribution in [3.63, 3.8) is 0 Å². The van der Waals surface area contributed by atoms with Crippen molar-refractivity contribution in [1.29, 1.82) is 0 Å². The Hall–Kier alpha value is -0.940. The first kappa shape index (κ1) is 15.1. The van der Waals surface area contributed by atoms with Crippen LogP contribution in [0.1, 0.15) is 12.5 Å². The molecule has 1 rings (SSSR count). The predicted molar refractivity (Wildman–Crippen MR) is 79.3 cm³/mol. The van der Waals surface area contributed by atoms with Gasteiger partial charge in [-0.1, -0.05) is 22.9 Å². The van der Waals surface area contributed by atoms with E-state index in [1.807, 2.05) is 30.0 Å². The Morgan fingerprint density at radius 3 is 3.00 bits per heavy atom. The van der Waals surface area contributed by atoms with E-state index in [9.17, 15) is 4.79 Å². The molecule has 0 radical (unpaired) electrons. The highest BCUT2D eigenvalue weighted by Crippen LogP contribution is 2.24. The number of aliphatic carboxylic acids is 1. The molecule has 1 aromatic carbocycles. The van der Waals surface area contributed by atoms with Crippen LogP contribution in [0.5, 0.6) is 5.75 Å². The average molecular weight is 331 g/mol. The van der Waals surface area contributed by atoms with E-state index in [-0.39, 0.29) is 0 Å². The molecular formula is C13H15BrO3S. The summed E-state index contributed by atoms with van der Waals surface area (Å²) in [7, 11) is 0. The molecule has 18 heavy (non-hydrogen) atoms. The number of ether oxygens (including phenoxy) is 1. The lowest BCUT2D eigenvalue weighted by molar-refractivity contribution is -0.131. The molecule has 5 heteroatoms. The van der Waals surface area contributed by atoms with Crippen LogP contribution in [-0.4, -0.2) is 29.2 Å². The normalized spacial score (nSPS) is 10.8. The number of carboxylic acids is 1. The number of carboxylic acid groups (broad SMARTS) is 1. The smallest absolute Gasteiger partial charge is 0.328 e. The third-order valence-electron chi connectivity index (χ3n) is 2.07. The van der Waals surface area contributed by atoms with Gasteiger partial charge in [-0.05, 0) is 30.0 Å². The molecule has 0 bridgehead atoms. The van der Waals surface area contributed by atoms with Gasteiger partial charge in [0.05, 0.1) is 6.61 Å². The van der Waals surface area contributed by atoms with E-state index in [0.29, 0.717) is 12.4 Å². The predicted octanol–water partition coefficient (Wildman–Crippen LogP) is 3.68. The van der Waals surface area contributed by atoms with E-state index in [4.69, 9.17) is 9.84 Å². The van der Waals surface area contributed by atoms with Gasteiger partial charge in [-0.3, -0.25) is 0 Å². The average Bonchev–Trinajstić information content (AvgIpc) is 2.34. The molecule has 0 aromatic heterocycles. The van der Waals surface area contributed by atoms with Gasteiger partial charge in [-0.2, -0.15) is 11.8 Å². The number of rotatable bonds is 7. The van der Waals surface area contributed by atoms with Crippen molar-refractivity contribution in [3.8, 4) is 5.75 Å². The van der Waals surface area contributed by atoms with Crippen LogP contribution >= 0.6 is 27.7 Å². The van der Waals surface area contributed by atoms with Crippen LogP contribution in [0.4, 0.5) is 0 Å². The molecule has 1 aromatic rings. The van der Waals surface area contributed by atoms with Crippen LogP contribution in [0.2, 0.25) is 0 Å². The summed E-state index contributed by atoms with van der Waals surface area (Å²) in [5.74, 6) is 1.72. The third-order valence-corrected chi connectivity index (χ3v) is 3.42. The summed E-state index contributed by atoms with van der Waals surface area (Å²) in [4.78, 5) is 10.5. The maximum absolute atomic E-state index is 10.5. The Labute approximate surface area is 119 Å². The lowest BCUT2D eigenvalue weighted by atomic mass is 10.2. The molecule has 0 unspecified atom stereocenters. The molecule has 3 nitrogen and oxygen atoms in total. The molecule has 0 aliphatic carbocycles. The molecule has 0 saturated carbocycles. The summed E-state index contributed by atoms with van der Waals surface area (Å²) in [6.07, 6.45) is 2.64. The zero-order valence-corrected chi connectivity index (χ0v) is 12.5. The van der Waals surface area contributed by atoms with E-state index < -0.39 is 5.97 Å². The zero-order valence-electron chi connectivity index (χ0n) is 10.1. The van der Waals surface area contributed by atoms with Crippen LogP contribution in [-0.2, 0) is 4.79 Å². The summed E-state index contributed by atoms with van der Waals surface area (Å²) < 4.78 is 6.53. The quantitative estimate of drug-likeness (QED) is 0.612. The lowest BCUT2D eigenvalue weighted by Crippen LogP contribution is -2.01. The van der Waals surface area contributed by atoms with Gasteiger partial charge in [-0.25, -0.2) is 4.79 Å². The van der Waals surface area contributed by atoms with E-state index >= 15 is 0 Å². The first-order chi connectivity index (χ1) is 8.63. The second-order valence-electron chi connectivity index (χ2n) is 3.40. The molecule has 0 heterocycles. The van der Waals surface area contributed by atoms with Gasteiger partial charge in [0.2, 0.25) is 0 Å². The minimum absolute atomic E-state index is 0.619. The van der Waals surface area contributed by atoms with Gasteiger partial charge < -0.3 is 9.84 Å². The Morgan fingerprint density at radius 1 is 1.56 bits per heavy atom. The Balaban J connectivity index is 2.73. The van der Waals surface area contributed by atoms with E-state index in [0.717, 1.165) is 27.6 Å². The van der Waals surface area contributed by atoms with Crippen molar-refractivity contribution >= 4 is 39.7 Å². The van der Waals surface area contributed by atoms with Crippen molar-refractivity contribution in [2.75, 3.05) is 18.1 Å². The number of hydrogen-bond donors (Lipinski definition) is 1. The molecule has 1 N–H and O–H groups in total. The molecular weight excluding hydrogens is 316 g/mol. The third kappa shape index (κ3) is 5.60. The van der Waals surface area contributed by atoms with Crippen LogP contribution in [0.3, 0.4) is 0 Å². The molecule has 0 fully saturated rings. The molecule has 0 spiro atoms. The van der Waals surface area contributed by atoms with Gasteiger partial charge >= 0.3 is 5.97 Å². The highest BCUT2D eigenvalue weighted by atomic mass is 79.9. The molecule has 0 aliphatic heterocycles. The van der Waals surface area contributed by atoms with Crippen LogP contribution in [0, 0.1) is 0 Å². The Kier molecular flexibility index (Phi) is 6.90. The molecule has 0 amide bonds. The number of hydrogen-bond acceptors (Lipinski definition) is 3. The highest BCUT2D eigenvalue weighted by molar-refractivity contribution is 9.10. The molecule has 98 valence electrons. The van der Waals surface area contributed by atoms with Crippen LogP contribution in [0.15, 0.2) is 28.7 Å². The van der Waals surface area contributed by atoms with Crippen molar-refractivity contribution in [2.45, 2.75) is 6.92 Å². The minimum Gasteiger partial charge on any atom is -0.492 e. The van der Waals surface area contributed by atoms with Crippen molar-refractivity contribution < 1.29 is 14.6 Å². The van der Waals surface area contributed by atoms with E-state index in [1.165, 1.54) is 6.08 Å². The Morgan fingerprint density at radius 2 is 2.33 bits per heavy atom. The second kappa shape index (κ2) is 8.21. The van der Waals surface area contributed by atoms with Crippen LogP contribution < -0.4 is 4.74 Å². The summed E-state index contributed by atoms with van der Waals surface area (Å²) >= 11 is 5.16. The fourth-order valence-electron chi connectivity index (χ4n) is 1.30. The number of halogens is 1. The lowest BCUT2D eigenvalue weighted by Gasteiger charge is -2.09. The maximum Gasteiger partial charge on any atom is 0.328 e. The van der Waals surface area contributed by atoms with Gasteiger partial charge in [0.1, 0.15) is 5.75 Å². The van der Waals surface area contributed by atoms with Crippen molar-refractivity contribution in [3.05, 3.63) is 34.3 Å². The first-order valence-corrected chi connectivity index (χ1v) is 7.49. The molecule has 0 saturated heterocycles. The summed E-state index contributed by atoms with van der Waals surface area (Å²) in [6.45, 7) is 2.72. The van der Waals surface area contributed by atoms with Gasteiger partial charge in [0.15, 0.2) is 0 Å². The zero-order chi connectivity index (χ0) is 13.4. The summed E-state index contributed by atoms with van der Waals surface area (Å²) in [5, 5.41) is 8.64. The number of thioether (sulfide) groups is 1. The Bertz CT molecular complexity index is 432. The first-order valence-electron chi connectivity index (χ1n) is 5.54. The molecule has 0 aliphatic rings. The SMILES string of the molecule is CCSCCOc1ccc(Br)cc1/C=C/C(=O)O.